The number of hydrogen-bond acceptors (Lipinski definition) is 3. The highest BCUT2D eigenvalue weighted by Gasteiger charge is 2.32. The van der Waals surface area contributed by atoms with Crippen molar-refractivity contribution in [3.05, 3.63) is 16.3 Å². The van der Waals surface area contributed by atoms with Crippen LogP contribution in [0.1, 0.15) is 70.2 Å². The van der Waals surface area contributed by atoms with Gasteiger partial charge in [-0.05, 0) is 25.7 Å². The second kappa shape index (κ2) is 6.49. The van der Waals surface area contributed by atoms with Crippen LogP contribution < -0.4 is 5.69 Å². The second-order valence-electron chi connectivity index (χ2n) is 7.35. The van der Waals surface area contributed by atoms with Gasteiger partial charge in [-0.3, -0.25) is 9.36 Å². The van der Waals surface area contributed by atoms with E-state index in [1.54, 1.807) is 7.05 Å². The molecule has 2 heterocycles. The number of amides is 1. The summed E-state index contributed by atoms with van der Waals surface area (Å²) in [4.78, 5) is 26.8. The molecule has 1 aliphatic heterocycles. The average Bonchev–Trinajstić information content (AvgIpc) is 3.15. The second-order valence-corrected chi connectivity index (χ2v) is 7.35. The smallest absolute Gasteiger partial charge is 0.342 e. The van der Waals surface area contributed by atoms with Crippen LogP contribution in [-0.2, 0) is 11.8 Å². The topological polar surface area (TPSA) is 60.1 Å². The first-order chi connectivity index (χ1) is 11.0. The van der Waals surface area contributed by atoms with Gasteiger partial charge in [0.1, 0.15) is 5.82 Å². The summed E-state index contributed by atoms with van der Waals surface area (Å²) in [7, 11) is 1.73. The molecule has 128 valence electrons. The summed E-state index contributed by atoms with van der Waals surface area (Å²) in [5.74, 6) is 1.31. The Morgan fingerprint density at radius 3 is 2.52 bits per heavy atom. The third-order valence-corrected chi connectivity index (χ3v) is 5.26. The number of carbonyl (C=O) groups is 1. The van der Waals surface area contributed by atoms with Crippen molar-refractivity contribution in [2.45, 2.75) is 64.3 Å². The maximum atomic E-state index is 12.5. The van der Waals surface area contributed by atoms with Gasteiger partial charge in [-0.2, -0.15) is 5.10 Å². The van der Waals surface area contributed by atoms with Crippen molar-refractivity contribution in [1.29, 1.82) is 0 Å². The largest absolute Gasteiger partial charge is 0.345 e. The fraction of sp³-hybridized carbons (Fsp3) is 0.824. The van der Waals surface area contributed by atoms with Crippen molar-refractivity contribution in [1.82, 2.24) is 19.2 Å². The molecule has 0 bridgehead atoms. The van der Waals surface area contributed by atoms with E-state index in [-0.39, 0.29) is 23.4 Å². The van der Waals surface area contributed by atoms with Crippen LogP contribution in [0, 0.1) is 5.92 Å². The Kier molecular flexibility index (Phi) is 4.60. The van der Waals surface area contributed by atoms with Gasteiger partial charge in [-0.25, -0.2) is 9.48 Å². The van der Waals surface area contributed by atoms with E-state index in [0.717, 1.165) is 38.1 Å². The average molecular weight is 320 g/mol. The number of hydrogen-bond donors (Lipinski definition) is 0. The van der Waals surface area contributed by atoms with E-state index in [0.29, 0.717) is 12.6 Å². The number of piperidine rings is 1. The van der Waals surface area contributed by atoms with Crippen LogP contribution in [0.4, 0.5) is 0 Å². The van der Waals surface area contributed by atoms with Gasteiger partial charge < -0.3 is 4.90 Å². The first-order valence-electron chi connectivity index (χ1n) is 8.93. The van der Waals surface area contributed by atoms with Crippen LogP contribution in [-0.4, -0.2) is 38.2 Å². The van der Waals surface area contributed by atoms with E-state index in [1.165, 1.54) is 17.5 Å². The SMILES string of the molecule is CC(C)C(=O)N1CCCC(c2nn(C)c(=O)n2C2CCCC2)C1. The Morgan fingerprint density at radius 2 is 1.87 bits per heavy atom. The quantitative estimate of drug-likeness (QED) is 0.856. The molecule has 2 aliphatic rings. The fourth-order valence-corrected chi connectivity index (χ4v) is 4.04. The third kappa shape index (κ3) is 3.08. The summed E-state index contributed by atoms with van der Waals surface area (Å²) in [6.45, 7) is 5.41. The minimum atomic E-state index is -0.000732. The molecule has 0 spiro atoms. The number of aromatic nitrogens is 3. The van der Waals surface area contributed by atoms with Crippen molar-refractivity contribution in [3.8, 4) is 0 Å². The Labute approximate surface area is 137 Å². The van der Waals surface area contributed by atoms with Gasteiger partial charge in [0.15, 0.2) is 0 Å². The molecule has 1 aliphatic carbocycles. The predicted molar refractivity (Wildman–Crippen MR) is 88.4 cm³/mol. The van der Waals surface area contributed by atoms with Crippen LogP contribution in [0.15, 0.2) is 4.79 Å². The number of likely N-dealkylation sites (tertiary alicyclic amines) is 1. The molecule has 3 rings (SSSR count). The summed E-state index contributed by atoms with van der Waals surface area (Å²) in [6, 6.07) is 0.294. The lowest BCUT2D eigenvalue weighted by Gasteiger charge is -2.33. The van der Waals surface area contributed by atoms with Gasteiger partial charge in [0.05, 0.1) is 0 Å². The number of nitrogens with zero attached hydrogens (tertiary/aromatic N) is 4. The maximum Gasteiger partial charge on any atom is 0.345 e. The zero-order valence-corrected chi connectivity index (χ0v) is 14.5. The molecule has 2 fully saturated rings. The van der Waals surface area contributed by atoms with Gasteiger partial charge in [0.25, 0.3) is 0 Å². The van der Waals surface area contributed by atoms with Gasteiger partial charge in [0, 0.05) is 38.0 Å². The molecule has 1 atom stereocenters. The number of aryl methyl sites for hydroxylation is 1. The molecule has 6 nitrogen and oxygen atoms in total. The Balaban J connectivity index is 1.87. The van der Waals surface area contributed by atoms with Gasteiger partial charge in [-0.1, -0.05) is 26.7 Å². The highest BCUT2D eigenvalue weighted by molar-refractivity contribution is 5.78. The van der Waals surface area contributed by atoms with Crippen LogP contribution in [0.3, 0.4) is 0 Å². The standard InChI is InChI=1S/C17H28N4O2/c1-12(2)16(22)20-10-6-7-13(11-20)15-18-19(3)17(23)21(15)14-8-4-5-9-14/h12-14H,4-11H2,1-3H3. The van der Waals surface area contributed by atoms with E-state index >= 15 is 0 Å². The maximum absolute atomic E-state index is 12.5. The Hall–Kier alpha value is -1.59. The van der Waals surface area contributed by atoms with Crippen LogP contribution in [0.25, 0.3) is 0 Å². The Bertz CT molecular complexity index is 625. The van der Waals surface area contributed by atoms with Gasteiger partial charge in [-0.15, -0.1) is 0 Å². The van der Waals surface area contributed by atoms with E-state index in [4.69, 9.17) is 0 Å². The van der Waals surface area contributed by atoms with Crippen LogP contribution >= 0.6 is 0 Å². The molecular weight excluding hydrogens is 292 g/mol. The monoisotopic (exact) mass is 320 g/mol. The molecular formula is C17H28N4O2. The highest BCUT2D eigenvalue weighted by atomic mass is 16.2. The van der Waals surface area contributed by atoms with E-state index < -0.39 is 0 Å². The summed E-state index contributed by atoms with van der Waals surface area (Å²) in [5, 5.41) is 4.55. The summed E-state index contributed by atoms with van der Waals surface area (Å²) < 4.78 is 3.40. The summed E-state index contributed by atoms with van der Waals surface area (Å²) >= 11 is 0. The molecule has 0 N–H and O–H groups in total. The van der Waals surface area contributed by atoms with Gasteiger partial charge in [0.2, 0.25) is 5.91 Å². The zero-order chi connectivity index (χ0) is 16.6. The first-order valence-corrected chi connectivity index (χ1v) is 8.93. The van der Waals surface area contributed by atoms with Crippen LogP contribution in [0.2, 0.25) is 0 Å². The molecule has 1 saturated carbocycles. The van der Waals surface area contributed by atoms with Crippen molar-refractivity contribution < 1.29 is 4.79 Å². The molecule has 1 aromatic heterocycles. The highest BCUT2D eigenvalue weighted by Crippen LogP contribution is 2.33. The molecule has 1 amide bonds. The van der Waals surface area contributed by atoms with Gasteiger partial charge >= 0.3 is 5.69 Å². The third-order valence-electron chi connectivity index (χ3n) is 5.26. The van der Waals surface area contributed by atoms with Crippen molar-refractivity contribution in [2.75, 3.05) is 13.1 Å². The lowest BCUT2D eigenvalue weighted by molar-refractivity contribution is -0.135. The lowest BCUT2D eigenvalue weighted by atomic mass is 9.95. The molecule has 1 unspecified atom stereocenters. The lowest BCUT2D eigenvalue weighted by Crippen LogP contribution is -2.42. The van der Waals surface area contributed by atoms with Crippen molar-refractivity contribution in [3.63, 3.8) is 0 Å². The van der Waals surface area contributed by atoms with E-state index in [2.05, 4.69) is 5.10 Å². The normalized spacial score (nSPS) is 23.0. The molecule has 0 radical (unpaired) electrons. The van der Waals surface area contributed by atoms with E-state index in [9.17, 15) is 9.59 Å². The molecule has 6 heteroatoms. The Morgan fingerprint density at radius 1 is 1.17 bits per heavy atom. The number of rotatable bonds is 3. The molecule has 1 aromatic rings. The fourth-order valence-electron chi connectivity index (χ4n) is 4.04. The predicted octanol–water partition coefficient (Wildman–Crippen LogP) is 2.06. The van der Waals surface area contributed by atoms with Crippen LogP contribution in [0.5, 0.6) is 0 Å². The zero-order valence-electron chi connectivity index (χ0n) is 14.5. The molecule has 1 saturated heterocycles. The number of carbonyl (C=O) groups excluding carboxylic acids is 1. The minimum Gasteiger partial charge on any atom is -0.342 e. The van der Waals surface area contributed by atoms with Crippen molar-refractivity contribution >= 4 is 5.91 Å². The van der Waals surface area contributed by atoms with E-state index in [1.807, 2.05) is 23.3 Å². The summed E-state index contributed by atoms with van der Waals surface area (Å²) in [5.41, 5.74) is -0.000732. The van der Waals surface area contributed by atoms with Crippen molar-refractivity contribution in [2.24, 2.45) is 13.0 Å². The molecule has 23 heavy (non-hydrogen) atoms. The minimum absolute atomic E-state index is 0.000732. The summed E-state index contributed by atoms with van der Waals surface area (Å²) in [6.07, 6.45) is 6.51. The molecule has 0 aromatic carbocycles. The first kappa shape index (κ1) is 16.3.